The van der Waals surface area contributed by atoms with Crippen molar-refractivity contribution in [1.82, 2.24) is 5.16 Å². The van der Waals surface area contributed by atoms with E-state index >= 15 is 0 Å². The highest BCUT2D eigenvalue weighted by Gasteiger charge is 2.15. The van der Waals surface area contributed by atoms with Gasteiger partial charge in [0.1, 0.15) is 5.76 Å². The van der Waals surface area contributed by atoms with Crippen LogP contribution in [0, 0.1) is 12.3 Å². The van der Waals surface area contributed by atoms with Crippen LogP contribution in [-0.4, -0.2) is 22.7 Å². The average molecular weight is 361 g/mol. The summed E-state index contributed by atoms with van der Waals surface area (Å²) in [4.78, 5) is 24.7. The van der Waals surface area contributed by atoms with Crippen molar-refractivity contribution in [2.75, 3.05) is 16.4 Å². The quantitative estimate of drug-likeness (QED) is 0.757. The van der Waals surface area contributed by atoms with Crippen molar-refractivity contribution in [1.29, 1.82) is 0 Å². The van der Waals surface area contributed by atoms with Crippen LogP contribution in [0.3, 0.4) is 0 Å². The first-order valence-electron chi connectivity index (χ1n) is 7.97. The third kappa shape index (κ3) is 7.01. The first-order chi connectivity index (χ1) is 11.7. The van der Waals surface area contributed by atoms with Gasteiger partial charge in [0.05, 0.1) is 5.75 Å². The van der Waals surface area contributed by atoms with Crippen LogP contribution in [0.4, 0.5) is 11.5 Å². The lowest BCUT2D eigenvalue weighted by atomic mass is 9.92. The molecule has 0 aliphatic heterocycles. The van der Waals surface area contributed by atoms with E-state index < -0.39 is 0 Å². The molecular weight excluding hydrogens is 338 g/mol. The van der Waals surface area contributed by atoms with Gasteiger partial charge in [0.15, 0.2) is 5.82 Å². The van der Waals surface area contributed by atoms with E-state index in [1.54, 1.807) is 13.0 Å². The molecule has 0 radical (unpaired) electrons. The lowest BCUT2D eigenvalue weighted by Gasteiger charge is -2.17. The summed E-state index contributed by atoms with van der Waals surface area (Å²) >= 11 is 1.41. The first-order valence-corrected chi connectivity index (χ1v) is 8.96. The Balaban J connectivity index is 1.80. The Kier molecular flexibility index (Phi) is 6.25. The molecular formula is C18H23N3O3S. The minimum absolute atomic E-state index is 0.00446. The molecule has 0 bridgehead atoms. The number of nitrogens with one attached hydrogen (secondary N) is 2. The standard InChI is InChI=1S/C18H23N3O3S/c1-12-9-15(21-24-12)20-17(23)11-25-14-7-5-13(6-8-14)19-16(22)10-18(2,3)4/h5-9H,10-11H2,1-4H3,(H,19,22)(H,20,21,23). The third-order valence-corrected chi connectivity index (χ3v) is 4.11. The minimum atomic E-state index is -0.152. The molecule has 7 heteroatoms. The van der Waals surface area contributed by atoms with E-state index in [9.17, 15) is 9.59 Å². The van der Waals surface area contributed by atoms with E-state index in [0.29, 0.717) is 18.0 Å². The van der Waals surface area contributed by atoms with Crippen molar-refractivity contribution in [2.24, 2.45) is 5.41 Å². The SMILES string of the molecule is Cc1cc(NC(=O)CSc2ccc(NC(=O)CC(C)(C)C)cc2)no1. The van der Waals surface area contributed by atoms with E-state index in [1.165, 1.54) is 11.8 Å². The fourth-order valence-electron chi connectivity index (χ4n) is 2.07. The summed E-state index contributed by atoms with van der Waals surface area (Å²) in [5.74, 6) is 1.17. The zero-order valence-electron chi connectivity index (χ0n) is 14.9. The number of carbonyl (C=O) groups excluding carboxylic acids is 2. The molecule has 0 aliphatic carbocycles. The Bertz CT molecular complexity index is 733. The van der Waals surface area contributed by atoms with Crippen molar-refractivity contribution in [2.45, 2.75) is 39.0 Å². The largest absolute Gasteiger partial charge is 0.360 e. The number of aryl methyl sites for hydroxylation is 1. The molecule has 2 rings (SSSR count). The number of amides is 2. The van der Waals surface area contributed by atoms with E-state index in [-0.39, 0.29) is 23.0 Å². The van der Waals surface area contributed by atoms with Gasteiger partial charge in [0, 0.05) is 23.1 Å². The van der Waals surface area contributed by atoms with E-state index in [0.717, 1.165) is 10.6 Å². The van der Waals surface area contributed by atoms with E-state index in [4.69, 9.17) is 4.52 Å². The third-order valence-electron chi connectivity index (χ3n) is 3.09. The minimum Gasteiger partial charge on any atom is -0.360 e. The van der Waals surface area contributed by atoms with Crippen LogP contribution in [-0.2, 0) is 9.59 Å². The predicted octanol–water partition coefficient (Wildman–Crippen LogP) is 4.09. The highest BCUT2D eigenvalue weighted by Crippen LogP contribution is 2.22. The molecule has 2 aromatic rings. The summed E-state index contributed by atoms with van der Waals surface area (Å²) in [6.07, 6.45) is 0.463. The molecule has 1 aromatic heterocycles. The van der Waals surface area contributed by atoms with E-state index in [2.05, 4.69) is 15.8 Å². The Hall–Kier alpha value is -2.28. The van der Waals surface area contributed by atoms with Gasteiger partial charge >= 0.3 is 0 Å². The van der Waals surface area contributed by atoms with Crippen LogP contribution in [0.15, 0.2) is 39.8 Å². The summed E-state index contributed by atoms with van der Waals surface area (Å²) < 4.78 is 4.90. The lowest BCUT2D eigenvalue weighted by Crippen LogP contribution is -2.19. The number of aromatic nitrogens is 1. The normalized spacial score (nSPS) is 11.2. The Labute approximate surface area is 151 Å². The predicted molar refractivity (Wildman–Crippen MR) is 99.7 cm³/mol. The number of rotatable bonds is 6. The molecule has 25 heavy (non-hydrogen) atoms. The molecule has 0 saturated carbocycles. The lowest BCUT2D eigenvalue weighted by molar-refractivity contribution is -0.118. The number of thioether (sulfide) groups is 1. The highest BCUT2D eigenvalue weighted by molar-refractivity contribution is 8.00. The second-order valence-corrected chi connectivity index (χ2v) is 8.02. The van der Waals surface area contributed by atoms with Crippen molar-refractivity contribution >= 4 is 35.1 Å². The molecule has 1 aromatic carbocycles. The molecule has 6 nitrogen and oxygen atoms in total. The fraction of sp³-hybridized carbons (Fsp3) is 0.389. The van der Waals surface area contributed by atoms with Gasteiger partial charge in [-0.05, 0) is 36.6 Å². The second kappa shape index (κ2) is 8.20. The van der Waals surface area contributed by atoms with Gasteiger partial charge in [-0.1, -0.05) is 25.9 Å². The zero-order valence-corrected chi connectivity index (χ0v) is 15.7. The maximum atomic E-state index is 11.9. The number of anilines is 2. The zero-order chi connectivity index (χ0) is 18.4. The smallest absolute Gasteiger partial charge is 0.235 e. The summed E-state index contributed by atoms with van der Waals surface area (Å²) in [5, 5.41) is 9.27. The first kappa shape index (κ1) is 19.1. The van der Waals surface area contributed by atoms with Crippen LogP contribution in [0.5, 0.6) is 0 Å². The number of hydrogen-bond acceptors (Lipinski definition) is 5. The highest BCUT2D eigenvalue weighted by atomic mass is 32.2. The van der Waals surface area contributed by atoms with Gasteiger partial charge < -0.3 is 15.2 Å². The van der Waals surface area contributed by atoms with Gasteiger partial charge in [0.2, 0.25) is 11.8 Å². The topological polar surface area (TPSA) is 84.2 Å². The molecule has 2 amide bonds. The van der Waals surface area contributed by atoms with Gasteiger partial charge in [-0.15, -0.1) is 11.8 Å². The molecule has 0 unspecified atom stereocenters. The van der Waals surface area contributed by atoms with Crippen molar-refractivity contribution in [3.8, 4) is 0 Å². The van der Waals surface area contributed by atoms with Gasteiger partial charge in [-0.2, -0.15) is 0 Å². The summed E-state index contributed by atoms with van der Waals surface area (Å²) in [6.45, 7) is 7.84. The van der Waals surface area contributed by atoms with Gasteiger partial charge in [-0.3, -0.25) is 9.59 Å². The summed E-state index contributed by atoms with van der Waals surface area (Å²) in [7, 11) is 0. The van der Waals surface area contributed by atoms with Crippen molar-refractivity contribution in [3.63, 3.8) is 0 Å². The average Bonchev–Trinajstić information content (AvgIpc) is 2.89. The molecule has 0 spiro atoms. The molecule has 0 saturated heterocycles. The molecule has 134 valence electrons. The summed E-state index contributed by atoms with van der Waals surface area (Å²) in [5.41, 5.74) is 0.705. The Morgan fingerprint density at radius 2 is 1.80 bits per heavy atom. The number of benzene rings is 1. The van der Waals surface area contributed by atoms with Gasteiger partial charge in [-0.25, -0.2) is 0 Å². The summed E-state index contributed by atoms with van der Waals surface area (Å²) in [6, 6.07) is 9.09. The van der Waals surface area contributed by atoms with Gasteiger partial charge in [0.25, 0.3) is 0 Å². The molecule has 0 atom stereocenters. The Morgan fingerprint density at radius 1 is 1.12 bits per heavy atom. The van der Waals surface area contributed by atoms with Crippen LogP contribution >= 0.6 is 11.8 Å². The molecule has 0 aliphatic rings. The maximum Gasteiger partial charge on any atom is 0.235 e. The monoisotopic (exact) mass is 361 g/mol. The van der Waals surface area contributed by atoms with Crippen LogP contribution < -0.4 is 10.6 Å². The second-order valence-electron chi connectivity index (χ2n) is 6.97. The Morgan fingerprint density at radius 3 is 2.36 bits per heavy atom. The number of nitrogens with zero attached hydrogens (tertiary/aromatic N) is 1. The number of carbonyl (C=O) groups is 2. The van der Waals surface area contributed by atoms with Crippen molar-refractivity contribution < 1.29 is 14.1 Å². The molecule has 2 N–H and O–H groups in total. The maximum absolute atomic E-state index is 11.9. The molecule has 1 heterocycles. The van der Waals surface area contributed by atoms with Crippen LogP contribution in [0.25, 0.3) is 0 Å². The van der Waals surface area contributed by atoms with Crippen LogP contribution in [0.1, 0.15) is 33.0 Å². The fourth-order valence-corrected chi connectivity index (χ4v) is 2.77. The number of hydrogen-bond donors (Lipinski definition) is 2. The van der Waals surface area contributed by atoms with Crippen molar-refractivity contribution in [3.05, 3.63) is 36.1 Å². The molecule has 0 fully saturated rings. The van der Waals surface area contributed by atoms with E-state index in [1.807, 2.05) is 45.0 Å². The van der Waals surface area contributed by atoms with Crippen LogP contribution in [0.2, 0.25) is 0 Å².